The molecule has 1 aliphatic carbocycles. The lowest BCUT2D eigenvalue weighted by molar-refractivity contribution is -0.130. The molecule has 0 bridgehead atoms. The molecule has 0 radical (unpaired) electrons. The Morgan fingerprint density at radius 3 is 2.39 bits per heavy atom. The maximum Gasteiger partial charge on any atom is 0.226 e. The predicted octanol–water partition coefficient (Wildman–Crippen LogP) is 7.42. The van der Waals surface area contributed by atoms with Gasteiger partial charge in [0.2, 0.25) is 5.91 Å². The highest BCUT2D eigenvalue weighted by molar-refractivity contribution is 5.79. The van der Waals surface area contributed by atoms with Gasteiger partial charge in [-0.25, -0.2) is 8.78 Å². The van der Waals surface area contributed by atoms with E-state index in [9.17, 15) is 13.6 Å². The zero-order valence-electron chi connectivity index (χ0n) is 26.8. The molecule has 3 atom stereocenters. The van der Waals surface area contributed by atoms with Gasteiger partial charge in [-0.3, -0.25) is 4.79 Å². The Labute approximate surface area is 262 Å². The Bertz CT molecular complexity index is 1340. The monoisotopic (exact) mass is 605 g/mol. The van der Waals surface area contributed by atoms with Gasteiger partial charge in [0.25, 0.3) is 0 Å². The fourth-order valence-electron chi connectivity index (χ4n) is 6.36. The number of halogens is 2. The van der Waals surface area contributed by atoms with E-state index >= 15 is 0 Å². The van der Waals surface area contributed by atoms with Gasteiger partial charge in [-0.2, -0.15) is 0 Å². The molecule has 0 aromatic heterocycles. The number of hydrogen-bond acceptors (Lipinski definition) is 4. The van der Waals surface area contributed by atoms with Crippen LogP contribution in [-0.2, 0) is 35.2 Å². The summed E-state index contributed by atoms with van der Waals surface area (Å²) >= 11 is 0. The topological polar surface area (TPSA) is 53.6 Å². The first-order valence-electron chi connectivity index (χ1n) is 16.3. The molecule has 2 N–H and O–H groups in total. The third-order valence-electron chi connectivity index (χ3n) is 8.60. The van der Waals surface area contributed by atoms with Gasteiger partial charge in [0.15, 0.2) is 0 Å². The summed E-state index contributed by atoms with van der Waals surface area (Å²) < 4.78 is 34.4. The number of amides is 1. The number of anilines is 1. The molecule has 0 saturated heterocycles. The van der Waals surface area contributed by atoms with Gasteiger partial charge in [0.05, 0.1) is 18.6 Å². The van der Waals surface area contributed by atoms with Crippen LogP contribution in [0.15, 0.2) is 60.7 Å². The van der Waals surface area contributed by atoms with Gasteiger partial charge >= 0.3 is 0 Å². The first-order valence-corrected chi connectivity index (χ1v) is 16.3. The number of carbonyl (C=O) groups is 1. The molecule has 0 heterocycles. The molecule has 0 fully saturated rings. The van der Waals surface area contributed by atoms with Crippen molar-refractivity contribution in [2.24, 2.45) is 0 Å². The van der Waals surface area contributed by atoms with E-state index in [2.05, 4.69) is 49.6 Å². The lowest BCUT2D eigenvalue weighted by Crippen LogP contribution is -2.44. The molecule has 4 rings (SSSR count). The summed E-state index contributed by atoms with van der Waals surface area (Å²) in [5.74, 6) is -1.07. The third kappa shape index (κ3) is 9.35. The number of aryl methyl sites for hydroxylation is 2. The molecule has 1 amide bonds. The summed E-state index contributed by atoms with van der Waals surface area (Å²) in [6.45, 7) is 8.42. The van der Waals surface area contributed by atoms with Crippen molar-refractivity contribution in [2.75, 3.05) is 32.1 Å². The van der Waals surface area contributed by atoms with Crippen LogP contribution >= 0.6 is 0 Å². The van der Waals surface area contributed by atoms with Crippen molar-refractivity contribution >= 4 is 11.6 Å². The smallest absolute Gasteiger partial charge is 0.226 e. The largest absolute Gasteiger partial charge is 0.379 e. The third-order valence-corrected chi connectivity index (χ3v) is 8.60. The molecule has 1 aliphatic rings. The van der Waals surface area contributed by atoms with Crippen molar-refractivity contribution in [3.8, 4) is 0 Å². The number of ether oxygens (including phenoxy) is 1. The Morgan fingerprint density at radius 2 is 1.70 bits per heavy atom. The molecule has 0 spiro atoms. The average Bonchev–Trinajstić information content (AvgIpc) is 3.00. The standard InChI is InChI=1S/C37H49F2N3O2/c1-5-16-42(17-6-2)37(43)23-27-10-8-12-32(20-27)41-35(22-28-18-30(38)24-31(39)19-28)36(44-4)25-40-34-13-9-11-29-15-14-26(7-3)21-33(29)34/h8,10,12,14-15,18-21,24,34-36,40-41H,5-7,9,11,13,16-17,22-23,25H2,1-4H3. The Balaban J connectivity index is 1.54. The van der Waals surface area contributed by atoms with E-state index in [-0.39, 0.29) is 24.1 Å². The first-order chi connectivity index (χ1) is 21.3. The number of benzene rings is 3. The molecule has 44 heavy (non-hydrogen) atoms. The zero-order valence-corrected chi connectivity index (χ0v) is 26.8. The maximum absolute atomic E-state index is 14.2. The van der Waals surface area contributed by atoms with E-state index in [0.717, 1.165) is 68.9 Å². The highest BCUT2D eigenvalue weighted by Gasteiger charge is 2.26. The molecule has 5 nitrogen and oxygen atoms in total. The second-order valence-corrected chi connectivity index (χ2v) is 12.0. The molecular weight excluding hydrogens is 556 g/mol. The summed E-state index contributed by atoms with van der Waals surface area (Å²) in [6, 6.07) is 18.3. The predicted molar refractivity (Wildman–Crippen MR) is 175 cm³/mol. The number of fused-ring (bicyclic) bond motifs is 1. The second kappa shape index (κ2) is 16.7. The molecule has 7 heteroatoms. The highest BCUT2D eigenvalue weighted by atomic mass is 19.1. The molecule has 3 aromatic carbocycles. The fraction of sp³-hybridized carbons (Fsp3) is 0.486. The molecule has 238 valence electrons. The second-order valence-electron chi connectivity index (χ2n) is 12.0. The number of hydrogen-bond donors (Lipinski definition) is 2. The van der Waals surface area contributed by atoms with Gasteiger partial charge in [-0.1, -0.05) is 51.1 Å². The Kier molecular flexibility index (Phi) is 12.7. The van der Waals surface area contributed by atoms with Crippen LogP contribution in [0.3, 0.4) is 0 Å². The lowest BCUT2D eigenvalue weighted by atomic mass is 9.86. The van der Waals surface area contributed by atoms with E-state index in [1.165, 1.54) is 28.8 Å². The summed E-state index contributed by atoms with van der Waals surface area (Å²) in [5.41, 5.74) is 6.41. The van der Waals surface area contributed by atoms with Crippen LogP contribution in [0.5, 0.6) is 0 Å². The van der Waals surface area contributed by atoms with E-state index < -0.39 is 11.6 Å². The molecular formula is C37H49F2N3O2. The highest BCUT2D eigenvalue weighted by Crippen LogP contribution is 2.31. The van der Waals surface area contributed by atoms with Crippen LogP contribution in [0.2, 0.25) is 0 Å². The summed E-state index contributed by atoms with van der Waals surface area (Å²) in [4.78, 5) is 15.0. The maximum atomic E-state index is 14.2. The van der Waals surface area contributed by atoms with Crippen molar-refractivity contribution in [3.05, 3.63) is 100 Å². The quantitative estimate of drug-likeness (QED) is 0.178. The van der Waals surface area contributed by atoms with Crippen LogP contribution in [-0.4, -0.2) is 49.7 Å². The Hall–Kier alpha value is -3.29. The molecule has 3 aromatic rings. The Morgan fingerprint density at radius 1 is 0.955 bits per heavy atom. The SMILES string of the molecule is CCCN(CCC)C(=O)Cc1cccc(NC(Cc2cc(F)cc(F)c2)C(CNC2CCCc3ccc(CC)cc32)OC)c1. The lowest BCUT2D eigenvalue weighted by Gasteiger charge is -2.32. The van der Waals surface area contributed by atoms with Gasteiger partial charge in [0, 0.05) is 44.5 Å². The number of nitrogens with one attached hydrogen (secondary N) is 2. The van der Waals surface area contributed by atoms with Crippen molar-refractivity contribution < 1.29 is 18.3 Å². The molecule has 0 saturated carbocycles. The van der Waals surface area contributed by atoms with Crippen LogP contribution in [0.4, 0.5) is 14.5 Å². The first kappa shape index (κ1) is 33.6. The van der Waals surface area contributed by atoms with Gasteiger partial charge in [0.1, 0.15) is 11.6 Å². The minimum atomic E-state index is -0.597. The van der Waals surface area contributed by atoms with Crippen LogP contribution in [0.1, 0.15) is 80.3 Å². The van der Waals surface area contributed by atoms with E-state index in [4.69, 9.17) is 4.74 Å². The van der Waals surface area contributed by atoms with Crippen LogP contribution in [0, 0.1) is 11.6 Å². The van der Waals surface area contributed by atoms with E-state index in [1.807, 2.05) is 29.2 Å². The fourth-order valence-corrected chi connectivity index (χ4v) is 6.36. The number of methoxy groups -OCH3 is 1. The minimum Gasteiger partial charge on any atom is -0.379 e. The number of carbonyl (C=O) groups excluding carboxylic acids is 1. The van der Waals surface area contributed by atoms with Crippen LogP contribution in [0.25, 0.3) is 0 Å². The number of nitrogens with zero attached hydrogens (tertiary/aromatic N) is 1. The minimum absolute atomic E-state index is 0.121. The van der Waals surface area contributed by atoms with Crippen molar-refractivity contribution in [3.63, 3.8) is 0 Å². The summed E-state index contributed by atoms with van der Waals surface area (Å²) in [6.07, 6.45) is 6.50. The van der Waals surface area contributed by atoms with Gasteiger partial charge < -0.3 is 20.3 Å². The van der Waals surface area contributed by atoms with Crippen LogP contribution < -0.4 is 10.6 Å². The molecule has 3 unspecified atom stereocenters. The van der Waals surface area contributed by atoms with Crippen molar-refractivity contribution in [1.29, 1.82) is 0 Å². The summed E-state index contributed by atoms with van der Waals surface area (Å²) in [5, 5.41) is 7.37. The normalized spacial score (nSPS) is 15.8. The zero-order chi connectivity index (χ0) is 31.5. The average molecular weight is 606 g/mol. The van der Waals surface area contributed by atoms with E-state index in [1.54, 1.807) is 7.11 Å². The van der Waals surface area contributed by atoms with E-state index in [0.29, 0.717) is 24.9 Å². The van der Waals surface area contributed by atoms with Crippen molar-refractivity contribution in [2.45, 2.75) is 90.3 Å². The summed E-state index contributed by atoms with van der Waals surface area (Å²) in [7, 11) is 1.68. The van der Waals surface area contributed by atoms with Gasteiger partial charge in [-0.15, -0.1) is 0 Å². The van der Waals surface area contributed by atoms with Crippen molar-refractivity contribution in [1.82, 2.24) is 10.2 Å². The molecule has 0 aliphatic heterocycles. The van der Waals surface area contributed by atoms with Gasteiger partial charge in [-0.05, 0) is 97.0 Å². The number of rotatable bonds is 16.